The molecule has 0 aliphatic carbocycles. The molecule has 0 bridgehead atoms. The number of aromatic carboxylic acids is 1. The minimum atomic E-state index is -1.02. The minimum Gasteiger partial charge on any atom is -0.478 e. The van der Waals surface area contributed by atoms with Crippen LogP contribution in [0, 0.1) is 6.92 Å². The van der Waals surface area contributed by atoms with Crippen molar-refractivity contribution in [3.8, 4) is 17.1 Å². The molecule has 0 radical (unpaired) electrons. The number of aromatic nitrogens is 4. The molecule has 4 rings (SSSR count). The van der Waals surface area contributed by atoms with E-state index in [0.717, 1.165) is 11.3 Å². The molecule has 4 aromatic rings. The molecule has 2 heterocycles. The molecule has 2 aromatic carbocycles. The van der Waals surface area contributed by atoms with Gasteiger partial charge in [-0.2, -0.15) is 4.68 Å². The van der Waals surface area contributed by atoms with Gasteiger partial charge in [-0.05, 0) is 30.7 Å². The molecular weight excluding hydrogens is 320 g/mol. The van der Waals surface area contributed by atoms with Crippen LogP contribution in [0.15, 0.2) is 53.3 Å². The molecule has 0 unspecified atom stereocenters. The van der Waals surface area contributed by atoms with E-state index < -0.39 is 5.97 Å². The zero-order chi connectivity index (χ0) is 17.6. The van der Waals surface area contributed by atoms with Gasteiger partial charge in [0.25, 0.3) is 5.56 Å². The summed E-state index contributed by atoms with van der Waals surface area (Å²) >= 11 is 0. The molecule has 25 heavy (non-hydrogen) atoms. The highest BCUT2D eigenvalue weighted by atomic mass is 16.4. The van der Waals surface area contributed by atoms with Gasteiger partial charge in [-0.15, -0.1) is 0 Å². The third kappa shape index (κ3) is 2.42. The lowest BCUT2D eigenvalue weighted by molar-refractivity contribution is 0.0697. The third-order valence-electron chi connectivity index (χ3n) is 4.06. The summed E-state index contributed by atoms with van der Waals surface area (Å²) in [4.78, 5) is 31.3. The Hall–Kier alpha value is -3.61. The van der Waals surface area contributed by atoms with Crippen LogP contribution in [0.5, 0.6) is 0 Å². The average Bonchev–Trinajstić information content (AvgIpc) is 3.15. The van der Waals surface area contributed by atoms with Gasteiger partial charge >= 0.3 is 5.97 Å². The predicted octanol–water partition coefficient (Wildman–Crippen LogP) is 2.72. The van der Waals surface area contributed by atoms with Crippen molar-refractivity contribution in [1.29, 1.82) is 0 Å². The first kappa shape index (κ1) is 14.9. The largest absolute Gasteiger partial charge is 0.478 e. The van der Waals surface area contributed by atoms with E-state index in [1.165, 1.54) is 16.8 Å². The standard InChI is InChI=1S/C18H14N4O3/c1-10-15(11-5-3-2-4-6-11)16(23)22(21-10)18-19-13-8-7-12(17(24)25)9-14(13)20-18/h2-9,21H,1H3,(H,19,20)(H,24,25). The number of fused-ring (bicyclic) bond motifs is 1. The first-order chi connectivity index (χ1) is 12.0. The van der Waals surface area contributed by atoms with E-state index in [1.54, 1.807) is 6.07 Å². The van der Waals surface area contributed by atoms with E-state index in [0.29, 0.717) is 22.5 Å². The number of nitrogens with zero attached hydrogens (tertiary/aromatic N) is 2. The molecular formula is C18H14N4O3. The summed E-state index contributed by atoms with van der Waals surface area (Å²) in [5, 5.41) is 12.1. The number of benzene rings is 2. The van der Waals surface area contributed by atoms with Gasteiger partial charge in [-0.1, -0.05) is 30.3 Å². The van der Waals surface area contributed by atoms with Crippen molar-refractivity contribution in [2.45, 2.75) is 6.92 Å². The van der Waals surface area contributed by atoms with Crippen LogP contribution in [0.3, 0.4) is 0 Å². The Bertz CT molecular complexity index is 1150. The molecule has 0 saturated heterocycles. The van der Waals surface area contributed by atoms with Crippen molar-refractivity contribution >= 4 is 17.0 Å². The number of nitrogens with one attached hydrogen (secondary N) is 2. The van der Waals surface area contributed by atoms with Crippen molar-refractivity contribution in [3.63, 3.8) is 0 Å². The van der Waals surface area contributed by atoms with Crippen LogP contribution in [0.25, 0.3) is 28.1 Å². The lowest BCUT2D eigenvalue weighted by Gasteiger charge is -1.96. The molecule has 7 heteroatoms. The summed E-state index contributed by atoms with van der Waals surface area (Å²) < 4.78 is 1.33. The predicted molar refractivity (Wildman–Crippen MR) is 93.2 cm³/mol. The number of hydrogen-bond acceptors (Lipinski definition) is 3. The van der Waals surface area contributed by atoms with E-state index in [4.69, 9.17) is 5.11 Å². The van der Waals surface area contributed by atoms with Crippen LogP contribution in [-0.4, -0.2) is 30.8 Å². The first-order valence-electron chi connectivity index (χ1n) is 7.65. The van der Waals surface area contributed by atoms with Crippen LogP contribution in [-0.2, 0) is 0 Å². The Morgan fingerprint density at radius 3 is 2.64 bits per heavy atom. The quantitative estimate of drug-likeness (QED) is 0.536. The van der Waals surface area contributed by atoms with Gasteiger partial charge in [-0.3, -0.25) is 9.89 Å². The van der Waals surface area contributed by atoms with Gasteiger partial charge in [0.05, 0.1) is 22.2 Å². The van der Waals surface area contributed by atoms with E-state index in [1.807, 2.05) is 37.3 Å². The highest BCUT2D eigenvalue weighted by molar-refractivity contribution is 5.92. The van der Waals surface area contributed by atoms with Crippen LogP contribution in [0.4, 0.5) is 0 Å². The number of H-pyrrole nitrogens is 2. The van der Waals surface area contributed by atoms with Crippen molar-refractivity contribution < 1.29 is 9.90 Å². The first-order valence-corrected chi connectivity index (χ1v) is 7.65. The number of aryl methyl sites for hydroxylation is 1. The van der Waals surface area contributed by atoms with Crippen LogP contribution in [0.2, 0.25) is 0 Å². The second-order valence-corrected chi connectivity index (χ2v) is 5.72. The smallest absolute Gasteiger partial charge is 0.335 e. The summed E-state index contributed by atoms with van der Waals surface area (Å²) in [6.45, 7) is 1.82. The second kappa shape index (κ2) is 5.48. The lowest BCUT2D eigenvalue weighted by Crippen LogP contribution is -2.16. The Morgan fingerprint density at radius 1 is 1.16 bits per heavy atom. The normalized spacial score (nSPS) is 11.1. The van der Waals surface area contributed by atoms with Gasteiger partial charge in [0.1, 0.15) is 0 Å². The lowest BCUT2D eigenvalue weighted by atomic mass is 10.1. The van der Waals surface area contributed by atoms with E-state index in [2.05, 4.69) is 15.1 Å². The number of carboxylic acid groups (broad SMARTS) is 1. The molecule has 0 aliphatic heterocycles. The van der Waals surface area contributed by atoms with Gasteiger partial charge in [0.15, 0.2) is 0 Å². The van der Waals surface area contributed by atoms with Crippen molar-refractivity contribution in [1.82, 2.24) is 19.7 Å². The Labute approximate surface area is 141 Å². The fraction of sp³-hybridized carbons (Fsp3) is 0.0556. The molecule has 0 saturated carbocycles. The topological polar surface area (TPSA) is 104 Å². The average molecular weight is 334 g/mol. The molecule has 0 atom stereocenters. The van der Waals surface area contributed by atoms with Crippen molar-refractivity contribution in [3.05, 3.63) is 70.1 Å². The number of rotatable bonds is 3. The maximum atomic E-state index is 12.8. The van der Waals surface area contributed by atoms with E-state index in [-0.39, 0.29) is 11.1 Å². The zero-order valence-electron chi connectivity index (χ0n) is 13.3. The van der Waals surface area contributed by atoms with Gasteiger partial charge in [-0.25, -0.2) is 9.78 Å². The van der Waals surface area contributed by atoms with Crippen LogP contribution >= 0.6 is 0 Å². The van der Waals surface area contributed by atoms with Gasteiger partial charge in [0.2, 0.25) is 5.95 Å². The summed E-state index contributed by atoms with van der Waals surface area (Å²) in [6.07, 6.45) is 0. The second-order valence-electron chi connectivity index (χ2n) is 5.72. The molecule has 0 fully saturated rings. The number of carbonyl (C=O) groups is 1. The number of hydrogen-bond donors (Lipinski definition) is 3. The Morgan fingerprint density at radius 2 is 1.92 bits per heavy atom. The summed E-state index contributed by atoms with van der Waals surface area (Å²) in [5.41, 5.74) is 3.19. The summed E-state index contributed by atoms with van der Waals surface area (Å²) in [6, 6.07) is 14.0. The Kier molecular flexibility index (Phi) is 3.28. The van der Waals surface area contributed by atoms with E-state index in [9.17, 15) is 9.59 Å². The SMILES string of the molecule is Cc1[nH]n(-c2nc3ccc(C(=O)O)cc3[nH]2)c(=O)c1-c1ccccc1. The van der Waals surface area contributed by atoms with Crippen molar-refractivity contribution in [2.24, 2.45) is 0 Å². The fourth-order valence-electron chi connectivity index (χ4n) is 2.88. The van der Waals surface area contributed by atoms with Crippen LogP contribution in [0.1, 0.15) is 16.1 Å². The fourth-order valence-corrected chi connectivity index (χ4v) is 2.88. The molecule has 0 amide bonds. The maximum Gasteiger partial charge on any atom is 0.335 e. The third-order valence-corrected chi connectivity index (χ3v) is 4.06. The molecule has 124 valence electrons. The summed E-state index contributed by atoms with van der Waals surface area (Å²) in [5.74, 6) is -0.704. The zero-order valence-corrected chi connectivity index (χ0v) is 13.3. The minimum absolute atomic E-state index is 0.155. The molecule has 2 aromatic heterocycles. The highest BCUT2D eigenvalue weighted by Gasteiger charge is 2.16. The number of aromatic amines is 2. The highest BCUT2D eigenvalue weighted by Crippen LogP contribution is 2.20. The molecule has 0 spiro atoms. The molecule has 7 nitrogen and oxygen atoms in total. The maximum absolute atomic E-state index is 12.8. The molecule has 3 N–H and O–H groups in total. The van der Waals surface area contributed by atoms with Crippen molar-refractivity contribution in [2.75, 3.05) is 0 Å². The molecule has 0 aliphatic rings. The van der Waals surface area contributed by atoms with Gasteiger partial charge < -0.3 is 10.1 Å². The van der Waals surface area contributed by atoms with E-state index >= 15 is 0 Å². The monoisotopic (exact) mass is 334 g/mol. The Balaban J connectivity index is 1.87. The van der Waals surface area contributed by atoms with Crippen LogP contribution < -0.4 is 5.56 Å². The summed E-state index contributed by atoms with van der Waals surface area (Å²) in [7, 11) is 0. The number of imidazole rings is 1. The van der Waals surface area contributed by atoms with Gasteiger partial charge in [0, 0.05) is 5.69 Å². The number of carboxylic acids is 1.